The number of thiazole rings is 1. The van der Waals surface area contributed by atoms with Crippen molar-refractivity contribution < 1.29 is 22.9 Å². The molecule has 2 aromatic carbocycles. The van der Waals surface area contributed by atoms with E-state index in [1.165, 1.54) is 28.8 Å². The number of aromatic nitrogens is 1. The van der Waals surface area contributed by atoms with E-state index < -0.39 is 22.6 Å². The SMILES string of the molecule is C#CCn1c(=NC(=O)c2cccc(C(F)(F)F)c2)sc2ccc([N+](=O)[O-])cc21. The van der Waals surface area contributed by atoms with Crippen LogP contribution in [0.4, 0.5) is 18.9 Å². The summed E-state index contributed by atoms with van der Waals surface area (Å²) in [5.74, 6) is 1.50. The summed E-state index contributed by atoms with van der Waals surface area (Å²) in [6.45, 7) is -0.0180. The van der Waals surface area contributed by atoms with Gasteiger partial charge in [-0.15, -0.1) is 6.42 Å². The molecule has 0 unspecified atom stereocenters. The highest BCUT2D eigenvalue weighted by molar-refractivity contribution is 7.16. The van der Waals surface area contributed by atoms with Crippen LogP contribution < -0.4 is 4.80 Å². The number of benzene rings is 2. The lowest BCUT2D eigenvalue weighted by molar-refractivity contribution is -0.384. The minimum absolute atomic E-state index is 0.0180. The molecule has 142 valence electrons. The van der Waals surface area contributed by atoms with Crippen LogP contribution in [0.1, 0.15) is 15.9 Å². The van der Waals surface area contributed by atoms with E-state index in [0.717, 1.165) is 29.5 Å². The van der Waals surface area contributed by atoms with Crippen molar-refractivity contribution in [3.05, 3.63) is 68.5 Å². The number of nitro groups is 1. The molecule has 1 heterocycles. The Labute approximate surface area is 159 Å². The van der Waals surface area contributed by atoms with Gasteiger partial charge in [0.15, 0.2) is 4.80 Å². The molecular formula is C18H10F3N3O3S. The molecule has 1 amide bonds. The van der Waals surface area contributed by atoms with Crippen molar-refractivity contribution in [1.82, 2.24) is 4.57 Å². The molecule has 0 aliphatic heterocycles. The lowest BCUT2D eigenvalue weighted by Crippen LogP contribution is -2.16. The van der Waals surface area contributed by atoms with E-state index in [1.54, 1.807) is 0 Å². The second kappa shape index (κ2) is 7.28. The highest BCUT2D eigenvalue weighted by atomic mass is 32.1. The van der Waals surface area contributed by atoms with E-state index in [4.69, 9.17) is 6.42 Å². The van der Waals surface area contributed by atoms with Crippen LogP contribution in [-0.4, -0.2) is 15.4 Å². The summed E-state index contributed by atoms with van der Waals surface area (Å²) in [6.07, 6.45) is 0.748. The predicted molar refractivity (Wildman–Crippen MR) is 96.6 cm³/mol. The van der Waals surface area contributed by atoms with Gasteiger partial charge in [0.25, 0.3) is 11.6 Å². The third-order valence-corrected chi connectivity index (χ3v) is 4.82. The highest BCUT2D eigenvalue weighted by Gasteiger charge is 2.30. The Morgan fingerprint density at radius 2 is 2.04 bits per heavy atom. The largest absolute Gasteiger partial charge is 0.416 e. The molecule has 1 aromatic heterocycles. The van der Waals surface area contributed by atoms with Crippen LogP contribution in [-0.2, 0) is 12.7 Å². The number of alkyl halides is 3. The normalized spacial score (nSPS) is 12.1. The van der Waals surface area contributed by atoms with Gasteiger partial charge in [-0.05, 0) is 24.3 Å². The van der Waals surface area contributed by atoms with Gasteiger partial charge in [-0.25, -0.2) is 0 Å². The molecule has 0 aliphatic rings. The van der Waals surface area contributed by atoms with Gasteiger partial charge in [-0.1, -0.05) is 23.3 Å². The number of amides is 1. The Hall–Kier alpha value is -3.45. The first-order valence-electron chi connectivity index (χ1n) is 7.68. The average molecular weight is 405 g/mol. The van der Waals surface area contributed by atoms with E-state index in [2.05, 4.69) is 10.9 Å². The van der Waals surface area contributed by atoms with E-state index >= 15 is 0 Å². The average Bonchev–Trinajstić information content (AvgIpc) is 2.98. The number of halogens is 3. The molecule has 0 saturated carbocycles. The fourth-order valence-corrected chi connectivity index (χ4v) is 3.49. The Balaban J connectivity index is 2.13. The van der Waals surface area contributed by atoms with Crippen molar-refractivity contribution in [2.24, 2.45) is 4.99 Å². The number of carbonyl (C=O) groups is 1. The summed E-state index contributed by atoms with van der Waals surface area (Å²) >= 11 is 1.05. The molecule has 0 spiro atoms. The van der Waals surface area contributed by atoms with Crippen molar-refractivity contribution in [3.63, 3.8) is 0 Å². The second-order valence-electron chi connectivity index (χ2n) is 5.58. The standard InChI is InChI=1S/C18H10F3N3O3S/c1-2-8-23-14-10-13(24(26)27)6-7-15(14)28-17(23)22-16(25)11-4-3-5-12(9-11)18(19,20)21/h1,3-7,9-10H,8H2. The van der Waals surface area contributed by atoms with Gasteiger partial charge in [0.1, 0.15) is 0 Å². The summed E-state index contributed by atoms with van der Waals surface area (Å²) in [5, 5.41) is 11.0. The third-order valence-electron chi connectivity index (χ3n) is 3.76. The Morgan fingerprint density at radius 1 is 1.29 bits per heavy atom. The number of rotatable bonds is 3. The quantitative estimate of drug-likeness (QED) is 0.375. The number of carbonyl (C=O) groups excluding carboxylic acids is 1. The smallest absolute Gasteiger partial charge is 0.304 e. The van der Waals surface area contributed by atoms with Gasteiger partial charge in [-0.2, -0.15) is 18.2 Å². The van der Waals surface area contributed by atoms with Crippen molar-refractivity contribution in [2.75, 3.05) is 0 Å². The number of hydrogen-bond acceptors (Lipinski definition) is 4. The molecule has 0 fully saturated rings. The summed E-state index contributed by atoms with van der Waals surface area (Å²) in [7, 11) is 0. The fourth-order valence-electron chi connectivity index (χ4n) is 2.48. The topological polar surface area (TPSA) is 77.5 Å². The molecule has 10 heteroatoms. The summed E-state index contributed by atoms with van der Waals surface area (Å²) in [6, 6.07) is 8.02. The van der Waals surface area contributed by atoms with Gasteiger partial charge in [0.05, 0.1) is 27.2 Å². The lowest BCUT2D eigenvalue weighted by atomic mass is 10.1. The molecule has 3 rings (SSSR count). The van der Waals surface area contributed by atoms with Crippen molar-refractivity contribution >= 4 is 33.1 Å². The molecule has 0 bridgehead atoms. The predicted octanol–water partition coefficient (Wildman–Crippen LogP) is 4.00. The summed E-state index contributed by atoms with van der Waals surface area (Å²) in [4.78, 5) is 26.8. The van der Waals surface area contributed by atoms with Crippen LogP contribution >= 0.6 is 11.3 Å². The van der Waals surface area contributed by atoms with Gasteiger partial charge in [-0.3, -0.25) is 14.9 Å². The Bertz CT molecular complexity index is 1200. The first-order chi connectivity index (χ1) is 13.2. The molecule has 3 aromatic rings. The van der Waals surface area contributed by atoms with Crippen molar-refractivity contribution in [1.29, 1.82) is 0 Å². The Kier molecular flexibility index (Phi) is 5.02. The van der Waals surface area contributed by atoms with Gasteiger partial charge < -0.3 is 4.57 Å². The molecule has 0 aliphatic carbocycles. The molecule has 28 heavy (non-hydrogen) atoms. The molecule has 0 saturated heterocycles. The van der Waals surface area contributed by atoms with Gasteiger partial charge in [0, 0.05) is 17.7 Å². The molecule has 0 radical (unpaired) electrons. The van der Waals surface area contributed by atoms with Crippen LogP contribution in [0.15, 0.2) is 47.5 Å². The molecule has 0 atom stereocenters. The van der Waals surface area contributed by atoms with Gasteiger partial charge in [0.2, 0.25) is 0 Å². The molecule has 0 N–H and O–H groups in total. The third kappa shape index (κ3) is 3.79. The zero-order chi connectivity index (χ0) is 20.5. The van der Waals surface area contributed by atoms with E-state index in [1.807, 2.05) is 0 Å². The number of nitrogens with zero attached hydrogens (tertiary/aromatic N) is 3. The minimum Gasteiger partial charge on any atom is -0.304 e. The van der Waals surface area contributed by atoms with E-state index in [0.29, 0.717) is 10.2 Å². The van der Waals surface area contributed by atoms with Crippen LogP contribution in [0.3, 0.4) is 0 Å². The van der Waals surface area contributed by atoms with Crippen LogP contribution in [0.5, 0.6) is 0 Å². The summed E-state index contributed by atoms with van der Waals surface area (Å²) in [5.41, 5.74) is -0.942. The van der Waals surface area contributed by atoms with Gasteiger partial charge >= 0.3 is 6.18 Å². The van der Waals surface area contributed by atoms with Crippen molar-refractivity contribution in [3.8, 4) is 12.3 Å². The highest BCUT2D eigenvalue weighted by Crippen LogP contribution is 2.29. The monoisotopic (exact) mass is 405 g/mol. The number of non-ortho nitro benzene ring substituents is 1. The van der Waals surface area contributed by atoms with Crippen LogP contribution in [0, 0.1) is 22.5 Å². The molecular weight excluding hydrogens is 395 g/mol. The van der Waals surface area contributed by atoms with E-state index in [9.17, 15) is 28.1 Å². The zero-order valence-electron chi connectivity index (χ0n) is 13.9. The minimum atomic E-state index is -4.59. The number of hydrogen-bond donors (Lipinski definition) is 0. The maximum Gasteiger partial charge on any atom is 0.416 e. The van der Waals surface area contributed by atoms with Crippen LogP contribution in [0.25, 0.3) is 10.2 Å². The second-order valence-corrected chi connectivity index (χ2v) is 6.59. The number of fused-ring (bicyclic) bond motifs is 1. The maximum atomic E-state index is 12.8. The summed E-state index contributed by atoms with van der Waals surface area (Å²) < 4.78 is 40.6. The molecule has 6 nitrogen and oxygen atoms in total. The number of terminal acetylenes is 1. The van der Waals surface area contributed by atoms with Crippen LogP contribution in [0.2, 0.25) is 0 Å². The fraction of sp³-hybridized carbons (Fsp3) is 0.111. The first kappa shape index (κ1) is 19.3. The maximum absolute atomic E-state index is 12.8. The zero-order valence-corrected chi connectivity index (χ0v) is 14.8. The first-order valence-corrected chi connectivity index (χ1v) is 8.50. The lowest BCUT2D eigenvalue weighted by Gasteiger charge is -2.06. The Morgan fingerprint density at radius 3 is 2.68 bits per heavy atom. The van der Waals surface area contributed by atoms with E-state index in [-0.39, 0.29) is 22.6 Å². The number of nitro benzene ring substituents is 1. The van der Waals surface area contributed by atoms with Crippen molar-refractivity contribution in [2.45, 2.75) is 12.7 Å².